The quantitative estimate of drug-likeness (QED) is 0.490. The Kier molecular flexibility index (Phi) is 7.05. The molecule has 3 rings (SSSR count). The van der Waals surface area contributed by atoms with Crippen LogP contribution in [0.5, 0.6) is 5.75 Å². The lowest BCUT2D eigenvalue weighted by Gasteiger charge is -2.25. The zero-order valence-electron chi connectivity index (χ0n) is 15.6. The van der Waals surface area contributed by atoms with Crippen LogP contribution >= 0.6 is 23.4 Å². The maximum Gasteiger partial charge on any atom is 0.260 e. The fourth-order valence-corrected chi connectivity index (χ4v) is 4.04. The van der Waals surface area contributed by atoms with Gasteiger partial charge >= 0.3 is 0 Å². The number of hydrazone groups is 1. The molecule has 1 aliphatic rings. The number of ether oxygens (including phenoxy) is 1. The van der Waals surface area contributed by atoms with Crippen LogP contribution < -0.4 is 14.5 Å². The predicted octanol–water partition coefficient (Wildman–Crippen LogP) is 2.75. The van der Waals surface area contributed by atoms with Gasteiger partial charge in [0.2, 0.25) is 10.0 Å². The lowest BCUT2D eigenvalue weighted by Crippen LogP contribution is -2.39. The molecule has 1 heterocycles. The third-order valence-corrected chi connectivity index (χ3v) is 6.58. The first kappa shape index (κ1) is 21.5. The number of thioether (sulfide) groups is 1. The van der Waals surface area contributed by atoms with Crippen molar-refractivity contribution in [2.75, 3.05) is 28.6 Å². The Hall–Kier alpha value is -2.23. The van der Waals surface area contributed by atoms with Gasteiger partial charge in [-0.25, -0.2) is 13.8 Å². The first-order chi connectivity index (χ1) is 13.8. The van der Waals surface area contributed by atoms with Gasteiger partial charge in [0, 0.05) is 16.5 Å². The van der Waals surface area contributed by atoms with Crippen molar-refractivity contribution in [3.8, 4) is 5.75 Å². The minimum Gasteiger partial charge on any atom is -0.489 e. The summed E-state index contributed by atoms with van der Waals surface area (Å²) in [5.74, 6) is 2.15. The summed E-state index contributed by atoms with van der Waals surface area (Å²) in [7, 11) is -3.66. The number of nitrogens with one attached hydrogen (secondary N) is 1. The van der Waals surface area contributed by atoms with Gasteiger partial charge in [0.25, 0.3) is 5.91 Å². The monoisotopic (exact) mass is 453 g/mol. The number of nitrogens with zero attached hydrogens (tertiary/aromatic N) is 2. The molecule has 0 atom stereocenters. The van der Waals surface area contributed by atoms with Crippen LogP contribution in [0.15, 0.2) is 53.6 Å². The summed E-state index contributed by atoms with van der Waals surface area (Å²) in [6.07, 6.45) is 2.75. The average Bonchev–Trinajstić information content (AvgIpc) is 2.63. The van der Waals surface area contributed by atoms with Gasteiger partial charge in [0.1, 0.15) is 18.4 Å². The van der Waals surface area contributed by atoms with Gasteiger partial charge in [-0.1, -0.05) is 23.7 Å². The predicted molar refractivity (Wildman–Crippen MR) is 118 cm³/mol. The highest BCUT2D eigenvalue weighted by atomic mass is 35.5. The molecule has 0 radical (unpaired) electrons. The molecule has 1 fully saturated rings. The maximum absolute atomic E-state index is 12.2. The van der Waals surface area contributed by atoms with E-state index < -0.39 is 22.5 Å². The Bertz CT molecular complexity index is 993. The van der Waals surface area contributed by atoms with E-state index in [-0.39, 0.29) is 6.10 Å². The molecule has 2 aromatic carbocycles. The van der Waals surface area contributed by atoms with E-state index in [1.165, 1.54) is 18.3 Å². The van der Waals surface area contributed by atoms with Crippen molar-refractivity contribution in [2.45, 2.75) is 6.10 Å². The standard InChI is InChI=1S/C19H20ClN3O4S2/c1-29(25,26)23(16-7-5-15(20)6-8-16)11-19(24)22-21-10-14-3-2-4-17(9-14)27-18-12-28-13-18/h2-10,18H,11-13H2,1H3,(H,22,24)/b21-10+. The lowest BCUT2D eigenvalue weighted by atomic mass is 10.2. The number of hydrogen-bond donors (Lipinski definition) is 1. The zero-order chi connectivity index (χ0) is 20.9. The molecule has 1 aliphatic heterocycles. The van der Waals surface area contributed by atoms with Gasteiger partial charge in [-0.15, -0.1) is 0 Å². The van der Waals surface area contributed by atoms with Crippen molar-refractivity contribution >= 4 is 51.2 Å². The van der Waals surface area contributed by atoms with Crippen LogP contribution in [-0.2, 0) is 14.8 Å². The van der Waals surface area contributed by atoms with Crippen molar-refractivity contribution in [3.63, 3.8) is 0 Å². The Balaban J connectivity index is 1.60. The van der Waals surface area contributed by atoms with E-state index in [4.69, 9.17) is 16.3 Å². The summed E-state index contributed by atoms with van der Waals surface area (Å²) in [4.78, 5) is 12.2. The number of hydrogen-bond acceptors (Lipinski definition) is 6. The number of carbonyl (C=O) groups excluding carboxylic acids is 1. The molecule has 0 aliphatic carbocycles. The van der Waals surface area contributed by atoms with Crippen molar-refractivity contribution in [2.24, 2.45) is 5.10 Å². The highest BCUT2D eigenvalue weighted by Crippen LogP contribution is 2.24. The fourth-order valence-electron chi connectivity index (χ4n) is 2.49. The number of benzene rings is 2. The SMILES string of the molecule is CS(=O)(=O)N(CC(=O)N/N=C/c1cccc(OC2CSC2)c1)c1ccc(Cl)cc1. The van der Waals surface area contributed by atoms with Crippen molar-refractivity contribution < 1.29 is 17.9 Å². The normalized spacial score (nSPS) is 14.4. The Morgan fingerprint density at radius 3 is 2.66 bits per heavy atom. The zero-order valence-corrected chi connectivity index (χ0v) is 18.0. The van der Waals surface area contributed by atoms with E-state index in [1.807, 2.05) is 36.0 Å². The Morgan fingerprint density at radius 2 is 2.03 bits per heavy atom. The number of anilines is 1. The van der Waals surface area contributed by atoms with Gasteiger partial charge < -0.3 is 4.74 Å². The van der Waals surface area contributed by atoms with Crippen LogP contribution in [0.4, 0.5) is 5.69 Å². The molecule has 0 bridgehead atoms. The maximum atomic E-state index is 12.2. The fraction of sp³-hybridized carbons (Fsp3) is 0.263. The highest BCUT2D eigenvalue weighted by molar-refractivity contribution is 8.00. The molecule has 0 saturated carbocycles. The Labute approximate surface area is 179 Å². The van der Waals surface area contributed by atoms with E-state index in [0.717, 1.165) is 33.4 Å². The van der Waals surface area contributed by atoms with E-state index in [1.54, 1.807) is 12.1 Å². The second-order valence-corrected chi connectivity index (χ2v) is 9.81. The molecule has 1 saturated heterocycles. The number of sulfonamides is 1. The summed E-state index contributed by atoms with van der Waals surface area (Å²) in [6, 6.07) is 13.6. The molecule has 0 spiro atoms. The smallest absolute Gasteiger partial charge is 0.260 e. The second-order valence-electron chi connectivity index (χ2n) is 6.39. The van der Waals surface area contributed by atoms with Crippen LogP contribution in [0.3, 0.4) is 0 Å². The first-order valence-electron chi connectivity index (χ1n) is 8.71. The van der Waals surface area contributed by atoms with E-state index >= 15 is 0 Å². The molecule has 29 heavy (non-hydrogen) atoms. The molecular weight excluding hydrogens is 434 g/mol. The Morgan fingerprint density at radius 1 is 1.31 bits per heavy atom. The van der Waals surface area contributed by atoms with Gasteiger partial charge in [-0.3, -0.25) is 9.10 Å². The van der Waals surface area contributed by atoms with Gasteiger partial charge in [0.15, 0.2) is 0 Å². The summed E-state index contributed by atoms with van der Waals surface area (Å²) in [6.45, 7) is -0.402. The first-order valence-corrected chi connectivity index (χ1v) is 12.1. The molecule has 0 unspecified atom stereocenters. The summed E-state index contributed by atoms with van der Waals surface area (Å²) < 4.78 is 30.9. The van der Waals surface area contributed by atoms with E-state index in [0.29, 0.717) is 10.7 Å². The molecule has 1 N–H and O–H groups in total. The molecule has 2 aromatic rings. The second kappa shape index (κ2) is 9.51. The number of rotatable bonds is 8. The molecule has 10 heteroatoms. The van der Waals surface area contributed by atoms with Gasteiger partial charge in [-0.05, 0) is 42.0 Å². The number of halogens is 1. The van der Waals surface area contributed by atoms with Crippen LogP contribution in [0.2, 0.25) is 5.02 Å². The molecule has 7 nitrogen and oxygen atoms in total. The highest BCUT2D eigenvalue weighted by Gasteiger charge is 2.21. The van der Waals surface area contributed by atoms with Crippen LogP contribution in [0.1, 0.15) is 5.56 Å². The molecule has 0 aromatic heterocycles. The molecule has 154 valence electrons. The largest absolute Gasteiger partial charge is 0.489 e. The van der Waals surface area contributed by atoms with Crippen LogP contribution in [-0.4, -0.2) is 50.9 Å². The summed E-state index contributed by atoms with van der Waals surface area (Å²) in [5, 5.41) is 4.38. The lowest BCUT2D eigenvalue weighted by molar-refractivity contribution is -0.119. The molecule has 1 amide bonds. The minimum absolute atomic E-state index is 0.238. The number of amides is 1. The minimum atomic E-state index is -3.66. The summed E-state index contributed by atoms with van der Waals surface area (Å²) in [5.41, 5.74) is 3.45. The van der Waals surface area contributed by atoms with Gasteiger partial charge in [-0.2, -0.15) is 16.9 Å². The van der Waals surface area contributed by atoms with Crippen molar-refractivity contribution in [3.05, 3.63) is 59.1 Å². The average molecular weight is 454 g/mol. The van der Waals surface area contributed by atoms with E-state index in [9.17, 15) is 13.2 Å². The molecular formula is C19H20ClN3O4S2. The van der Waals surface area contributed by atoms with Gasteiger partial charge in [0.05, 0.1) is 18.2 Å². The van der Waals surface area contributed by atoms with Crippen LogP contribution in [0, 0.1) is 0 Å². The van der Waals surface area contributed by atoms with Crippen molar-refractivity contribution in [1.29, 1.82) is 0 Å². The third kappa shape index (κ3) is 6.38. The summed E-state index contributed by atoms with van der Waals surface area (Å²) >= 11 is 7.68. The topological polar surface area (TPSA) is 88.1 Å². The van der Waals surface area contributed by atoms with Crippen molar-refractivity contribution in [1.82, 2.24) is 5.43 Å². The number of carbonyl (C=O) groups is 1. The van der Waals surface area contributed by atoms with E-state index in [2.05, 4.69) is 10.5 Å². The van der Waals surface area contributed by atoms with Crippen LogP contribution in [0.25, 0.3) is 0 Å². The third-order valence-electron chi connectivity index (χ3n) is 3.97.